The van der Waals surface area contributed by atoms with Gasteiger partial charge in [-0.05, 0) is 0 Å². The van der Waals surface area contributed by atoms with Gasteiger partial charge >= 0.3 is 5.97 Å². The van der Waals surface area contributed by atoms with Crippen molar-refractivity contribution in [1.29, 1.82) is 5.26 Å². The fourth-order valence-electron chi connectivity index (χ4n) is 1.03. The first-order valence-corrected chi connectivity index (χ1v) is 3.99. The van der Waals surface area contributed by atoms with Crippen LogP contribution in [0.4, 0.5) is 0 Å². The fraction of sp³-hybridized carbons (Fsp3) is 0.375. The number of aliphatic hydroxyl groups excluding tert-OH is 2. The van der Waals surface area contributed by atoms with Gasteiger partial charge in [-0.25, -0.2) is 4.79 Å². The molecule has 3 N–H and O–H groups in total. The van der Waals surface area contributed by atoms with E-state index in [-0.39, 0.29) is 11.3 Å². The molecule has 0 aliphatic carbocycles. The number of carbonyl (C=O) groups excluding carboxylic acids is 1. The molecule has 1 aromatic rings. The molecular formula is C8H9N3O4. The highest BCUT2D eigenvalue weighted by Crippen LogP contribution is 2.19. The molecule has 2 atom stereocenters. The van der Waals surface area contributed by atoms with Gasteiger partial charge in [-0.2, -0.15) is 10.4 Å². The number of hydrogen-bond donors (Lipinski definition) is 3. The number of H-pyrrole nitrogens is 1. The third-order valence-corrected chi connectivity index (χ3v) is 1.81. The summed E-state index contributed by atoms with van der Waals surface area (Å²) in [6.07, 6.45) is -1.97. The maximum absolute atomic E-state index is 11.1. The molecule has 0 spiro atoms. The van der Waals surface area contributed by atoms with Gasteiger partial charge in [-0.1, -0.05) is 0 Å². The van der Waals surface area contributed by atoms with E-state index in [2.05, 4.69) is 14.9 Å². The number of hydrogen-bond acceptors (Lipinski definition) is 6. The normalized spacial score (nSPS) is 14.0. The number of esters is 1. The van der Waals surface area contributed by atoms with Crippen LogP contribution in [0.1, 0.15) is 22.2 Å². The summed E-state index contributed by atoms with van der Waals surface area (Å²) in [6.45, 7) is 0. The number of ether oxygens (including phenoxy) is 1. The predicted octanol–water partition coefficient (Wildman–Crippen LogP) is -0.886. The zero-order chi connectivity index (χ0) is 11.4. The average Bonchev–Trinajstić information content (AvgIpc) is 2.74. The lowest BCUT2D eigenvalue weighted by molar-refractivity contribution is 0.0476. The van der Waals surface area contributed by atoms with Crippen molar-refractivity contribution >= 4 is 5.97 Å². The number of aromatic amines is 1. The third kappa shape index (κ3) is 2.12. The maximum Gasteiger partial charge on any atom is 0.356 e. The lowest BCUT2D eigenvalue weighted by atomic mass is 10.1. The highest BCUT2D eigenvalue weighted by Gasteiger charge is 2.25. The lowest BCUT2D eigenvalue weighted by Gasteiger charge is -2.10. The number of nitriles is 1. The van der Waals surface area contributed by atoms with Crippen LogP contribution in [0.5, 0.6) is 0 Å². The van der Waals surface area contributed by atoms with Crippen LogP contribution < -0.4 is 0 Å². The first-order valence-electron chi connectivity index (χ1n) is 3.99. The molecule has 0 aliphatic rings. The van der Waals surface area contributed by atoms with Crippen molar-refractivity contribution in [2.45, 2.75) is 12.2 Å². The second-order valence-corrected chi connectivity index (χ2v) is 2.71. The van der Waals surface area contributed by atoms with Gasteiger partial charge in [-0.3, -0.25) is 5.10 Å². The molecule has 2 unspecified atom stereocenters. The predicted molar refractivity (Wildman–Crippen MR) is 46.5 cm³/mol. The van der Waals surface area contributed by atoms with Crippen LogP contribution >= 0.6 is 0 Å². The van der Waals surface area contributed by atoms with Gasteiger partial charge in [0, 0.05) is 5.56 Å². The highest BCUT2D eigenvalue weighted by atomic mass is 16.5. The quantitative estimate of drug-likeness (QED) is 0.441. The Labute approximate surface area is 84.9 Å². The van der Waals surface area contributed by atoms with E-state index in [0.29, 0.717) is 0 Å². The number of carbonyl (C=O) groups is 1. The number of nitrogens with zero attached hydrogens (tertiary/aromatic N) is 2. The van der Waals surface area contributed by atoms with E-state index in [1.54, 1.807) is 0 Å². The summed E-state index contributed by atoms with van der Waals surface area (Å²) in [4.78, 5) is 11.1. The molecule has 0 aromatic carbocycles. The molecule has 1 rings (SSSR count). The SMILES string of the molecule is COC(=O)c1[nH]ncc1C(O)C(O)C#N. The average molecular weight is 211 g/mol. The van der Waals surface area contributed by atoms with Crippen molar-refractivity contribution < 1.29 is 19.7 Å². The van der Waals surface area contributed by atoms with E-state index >= 15 is 0 Å². The second kappa shape index (κ2) is 4.54. The van der Waals surface area contributed by atoms with Gasteiger partial charge in [0.05, 0.1) is 19.4 Å². The van der Waals surface area contributed by atoms with Crippen LogP contribution in [-0.2, 0) is 4.74 Å². The van der Waals surface area contributed by atoms with E-state index in [1.165, 1.54) is 13.2 Å². The topological polar surface area (TPSA) is 119 Å². The summed E-state index contributed by atoms with van der Waals surface area (Å²) in [5, 5.41) is 32.8. The number of rotatable bonds is 3. The maximum atomic E-state index is 11.1. The van der Waals surface area contributed by atoms with Crippen LogP contribution in [0.15, 0.2) is 6.20 Å². The van der Waals surface area contributed by atoms with E-state index in [9.17, 15) is 9.90 Å². The van der Waals surface area contributed by atoms with Gasteiger partial charge in [0.25, 0.3) is 0 Å². The van der Waals surface area contributed by atoms with Gasteiger partial charge in [0.15, 0.2) is 6.10 Å². The zero-order valence-corrected chi connectivity index (χ0v) is 7.84. The molecule has 1 aromatic heterocycles. The van der Waals surface area contributed by atoms with Gasteiger partial charge < -0.3 is 14.9 Å². The van der Waals surface area contributed by atoms with E-state index < -0.39 is 18.2 Å². The summed E-state index contributed by atoms with van der Waals surface area (Å²) in [5.41, 5.74) is -0.0600. The molecule has 0 saturated carbocycles. The van der Waals surface area contributed by atoms with E-state index in [4.69, 9.17) is 10.4 Å². The monoisotopic (exact) mass is 211 g/mol. The lowest BCUT2D eigenvalue weighted by Crippen LogP contribution is -2.18. The van der Waals surface area contributed by atoms with Crippen LogP contribution in [0.3, 0.4) is 0 Å². The molecule has 80 valence electrons. The van der Waals surface area contributed by atoms with Crippen molar-refractivity contribution in [2.75, 3.05) is 7.11 Å². The molecule has 0 aliphatic heterocycles. The standard InChI is InChI=1S/C8H9N3O4/c1-15-8(14)6-4(3-10-11-6)7(13)5(12)2-9/h3,5,7,12-13H,1H3,(H,10,11). The number of aromatic nitrogens is 2. The molecule has 15 heavy (non-hydrogen) atoms. The number of methoxy groups -OCH3 is 1. The van der Waals surface area contributed by atoms with Crippen LogP contribution in [0.2, 0.25) is 0 Å². The van der Waals surface area contributed by atoms with Crippen molar-refractivity contribution in [3.8, 4) is 6.07 Å². The van der Waals surface area contributed by atoms with Crippen molar-refractivity contribution in [3.63, 3.8) is 0 Å². The van der Waals surface area contributed by atoms with Crippen molar-refractivity contribution in [3.05, 3.63) is 17.5 Å². The van der Waals surface area contributed by atoms with Crippen LogP contribution in [-0.4, -0.2) is 39.6 Å². The molecular weight excluding hydrogens is 202 g/mol. The van der Waals surface area contributed by atoms with E-state index in [0.717, 1.165) is 6.20 Å². The summed E-state index contributed by atoms with van der Waals surface area (Å²) >= 11 is 0. The van der Waals surface area contributed by atoms with Gasteiger partial charge in [0.1, 0.15) is 11.8 Å². The first kappa shape index (κ1) is 11.2. The molecule has 0 amide bonds. The minimum absolute atomic E-state index is 0.0240. The summed E-state index contributed by atoms with van der Waals surface area (Å²) in [7, 11) is 1.17. The smallest absolute Gasteiger partial charge is 0.356 e. The highest BCUT2D eigenvalue weighted by molar-refractivity contribution is 5.88. The zero-order valence-electron chi connectivity index (χ0n) is 7.84. The van der Waals surface area contributed by atoms with Crippen LogP contribution in [0.25, 0.3) is 0 Å². The molecule has 0 fully saturated rings. The fourth-order valence-corrected chi connectivity index (χ4v) is 1.03. The molecule has 0 saturated heterocycles. The Morgan fingerprint density at radius 2 is 2.40 bits per heavy atom. The molecule has 7 nitrogen and oxygen atoms in total. The van der Waals surface area contributed by atoms with Crippen molar-refractivity contribution in [1.82, 2.24) is 10.2 Å². The summed E-state index contributed by atoms with van der Waals surface area (Å²) < 4.78 is 4.41. The third-order valence-electron chi connectivity index (χ3n) is 1.81. The van der Waals surface area contributed by atoms with E-state index in [1.807, 2.05) is 0 Å². The molecule has 0 bridgehead atoms. The summed E-state index contributed by atoms with van der Waals surface area (Å²) in [5.74, 6) is -0.730. The van der Waals surface area contributed by atoms with Crippen LogP contribution in [0, 0.1) is 11.3 Å². The number of aliphatic hydroxyl groups is 2. The largest absolute Gasteiger partial charge is 0.464 e. The summed E-state index contributed by atoms with van der Waals surface area (Å²) in [6, 6.07) is 1.45. The second-order valence-electron chi connectivity index (χ2n) is 2.71. The Kier molecular flexibility index (Phi) is 3.38. The Balaban J connectivity index is 3.01. The Morgan fingerprint density at radius 3 is 2.93 bits per heavy atom. The minimum atomic E-state index is -1.62. The first-order chi connectivity index (χ1) is 7.11. The Bertz CT molecular complexity index is 395. The van der Waals surface area contributed by atoms with Gasteiger partial charge in [-0.15, -0.1) is 0 Å². The molecule has 7 heteroatoms. The van der Waals surface area contributed by atoms with Crippen molar-refractivity contribution in [2.24, 2.45) is 0 Å². The van der Waals surface area contributed by atoms with Gasteiger partial charge in [0.2, 0.25) is 0 Å². The Hall–Kier alpha value is -1.91. The molecule has 1 heterocycles. The number of nitrogens with one attached hydrogen (secondary N) is 1. The minimum Gasteiger partial charge on any atom is -0.464 e. The Morgan fingerprint density at radius 1 is 1.73 bits per heavy atom. The molecule has 0 radical (unpaired) electrons.